The highest BCUT2D eigenvalue weighted by Gasteiger charge is 2.07. The summed E-state index contributed by atoms with van der Waals surface area (Å²) >= 11 is 0. The van der Waals surface area contributed by atoms with Gasteiger partial charge in [-0.1, -0.05) is 6.92 Å². The molecule has 17 heavy (non-hydrogen) atoms. The largest absolute Gasteiger partial charge is 0.508 e. The van der Waals surface area contributed by atoms with Crippen LogP contribution >= 0.6 is 0 Å². The van der Waals surface area contributed by atoms with Crippen molar-refractivity contribution < 1.29 is 14.9 Å². The number of hydrogen-bond acceptors (Lipinski definition) is 4. The molecule has 0 heterocycles. The van der Waals surface area contributed by atoms with E-state index in [0.29, 0.717) is 13.2 Å². The highest BCUT2D eigenvalue weighted by molar-refractivity contribution is 5.39. The fourth-order valence-electron chi connectivity index (χ4n) is 1.55. The van der Waals surface area contributed by atoms with Gasteiger partial charge in [0.05, 0.1) is 13.2 Å². The highest BCUT2D eigenvalue weighted by atomic mass is 16.5. The van der Waals surface area contributed by atoms with Gasteiger partial charge >= 0.3 is 0 Å². The van der Waals surface area contributed by atoms with Gasteiger partial charge in [-0.3, -0.25) is 0 Å². The Labute approximate surface area is 102 Å². The second-order valence-corrected chi connectivity index (χ2v) is 3.89. The summed E-state index contributed by atoms with van der Waals surface area (Å²) in [6.45, 7) is 5.15. The molecular weight excluding hydrogens is 218 g/mol. The Hall–Kier alpha value is -1.26. The molecule has 0 saturated carbocycles. The van der Waals surface area contributed by atoms with Crippen molar-refractivity contribution in [3.63, 3.8) is 0 Å². The number of nitrogens with one attached hydrogen (secondary N) is 1. The van der Waals surface area contributed by atoms with Crippen LogP contribution in [0.5, 0.6) is 11.5 Å². The van der Waals surface area contributed by atoms with Gasteiger partial charge in [-0.25, -0.2) is 0 Å². The number of ether oxygens (including phenoxy) is 1. The summed E-state index contributed by atoms with van der Waals surface area (Å²) < 4.78 is 5.37. The zero-order valence-corrected chi connectivity index (χ0v) is 10.4. The summed E-state index contributed by atoms with van der Waals surface area (Å²) in [5.41, 5.74) is 0.780. The van der Waals surface area contributed by atoms with Crippen LogP contribution < -0.4 is 10.1 Å². The topological polar surface area (TPSA) is 61.7 Å². The first-order chi connectivity index (χ1) is 8.21. The minimum absolute atomic E-state index is 0.0603. The molecule has 0 aliphatic rings. The average molecular weight is 239 g/mol. The molecule has 4 heteroatoms. The highest BCUT2D eigenvalue weighted by Crippen LogP contribution is 2.23. The zero-order chi connectivity index (χ0) is 12.7. The standard InChI is InChI=1S/C13H21NO3/c1-3-11(9-15)14-8-10-7-12(17-4-2)5-6-13(10)16/h5-7,11,14-16H,3-4,8-9H2,1-2H3. The maximum Gasteiger partial charge on any atom is 0.120 e. The maximum absolute atomic E-state index is 9.70. The molecule has 0 amide bonds. The summed E-state index contributed by atoms with van der Waals surface area (Å²) in [5, 5.41) is 21.9. The number of aliphatic hydroxyl groups is 1. The van der Waals surface area contributed by atoms with Crippen molar-refractivity contribution in [3.8, 4) is 11.5 Å². The Morgan fingerprint density at radius 1 is 1.35 bits per heavy atom. The van der Waals surface area contributed by atoms with Crippen molar-refractivity contribution in [3.05, 3.63) is 23.8 Å². The van der Waals surface area contributed by atoms with Crippen LogP contribution in [0.15, 0.2) is 18.2 Å². The normalized spacial score (nSPS) is 12.4. The van der Waals surface area contributed by atoms with Gasteiger partial charge in [0, 0.05) is 18.2 Å². The lowest BCUT2D eigenvalue weighted by Crippen LogP contribution is -2.31. The first-order valence-corrected chi connectivity index (χ1v) is 6.00. The van der Waals surface area contributed by atoms with Crippen molar-refractivity contribution in [1.29, 1.82) is 0 Å². The lowest BCUT2D eigenvalue weighted by atomic mass is 10.1. The van der Waals surface area contributed by atoms with E-state index < -0.39 is 0 Å². The second kappa shape index (κ2) is 7.14. The summed E-state index contributed by atoms with van der Waals surface area (Å²) in [6, 6.07) is 5.24. The van der Waals surface area contributed by atoms with Crippen molar-refractivity contribution >= 4 is 0 Å². The molecule has 0 spiro atoms. The van der Waals surface area contributed by atoms with Crippen LogP contribution in [0.3, 0.4) is 0 Å². The van der Waals surface area contributed by atoms with E-state index in [1.54, 1.807) is 12.1 Å². The number of benzene rings is 1. The van der Waals surface area contributed by atoms with Crippen LogP contribution in [0, 0.1) is 0 Å². The van der Waals surface area contributed by atoms with Gasteiger partial charge in [-0.15, -0.1) is 0 Å². The van der Waals surface area contributed by atoms with Gasteiger partial charge in [0.2, 0.25) is 0 Å². The SMILES string of the molecule is CCOc1ccc(O)c(CNC(CC)CO)c1. The first-order valence-electron chi connectivity index (χ1n) is 6.00. The van der Waals surface area contributed by atoms with E-state index in [1.807, 2.05) is 19.9 Å². The van der Waals surface area contributed by atoms with E-state index in [9.17, 15) is 5.11 Å². The number of aliphatic hydroxyl groups excluding tert-OH is 1. The van der Waals surface area contributed by atoms with Crippen LogP contribution in [0.25, 0.3) is 0 Å². The van der Waals surface area contributed by atoms with Gasteiger partial charge in [-0.2, -0.15) is 0 Å². The summed E-state index contributed by atoms with van der Waals surface area (Å²) in [7, 11) is 0. The van der Waals surface area contributed by atoms with Crippen molar-refractivity contribution in [1.82, 2.24) is 5.32 Å². The van der Waals surface area contributed by atoms with Crippen LogP contribution in [-0.4, -0.2) is 29.5 Å². The number of hydrogen-bond donors (Lipinski definition) is 3. The van der Waals surface area contributed by atoms with E-state index in [2.05, 4.69) is 5.32 Å². The Bertz CT molecular complexity index is 337. The predicted octanol–water partition coefficient (Wildman–Crippen LogP) is 1.65. The van der Waals surface area contributed by atoms with Gasteiger partial charge in [-0.05, 0) is 31.5 Å². The van der Waals surface area contributed by atoms with E-state index in [-0.39, 0.29) is 18.4 Å². The first kappa shape index (κ1) is 13.8. The third-order valence-electron chi connectivity index (χ3n) is 2.66. The Kier molecular flexibility index (Phi) is 5.80. The number of phenolic OH excluding ortho intramolecular Hbond substituents is 1. The van der Waals surface area contributed by atoms with Crippen LogP contribution in [0.1, 0.15) is 25.8 Å². The molecule has 1 aromatic rings. The predicted molar refractivity (Wildman–Crippen MR) is 67.3 cm³/mol. The fraction of sp³-hybridized carbons (Fsp3) is 0.538. The summed E-state index contributed by atoms with van der Waals surface area (Å²) in [6.07, 6.45) is 0.850. The van der Waals surface area contributed by atoms with Crippen molar-refractivity contribution in [2.75, 3.05) is 13.2 Å². The Morgan fingerprint density at radius 3 is 2.71 bits per heavy atom. The van der Waals surface area contributed by atoms with Crippen LogP contribution in [-0.2, 0) is 6.54 Å². The van der Waals surface area contributed by atoms with Crippen LogP contribution in [0.2, 0.25) is 0 Å². The van der Waals surface area contributed by atoms with Gasteiger partial charge in [0.1, 0.15) is 11.5 Å². The maximum atomic E-state index is 9.70. The molecule has 0 aliphatic carbocycles. The molecule has 1 aromatic carbocycles. The molecule has 0 bridgehead atoms. The van der Waals surface area contributed by atoms with Gasteiger partial charge in [0.25, 0.3) is 0 Å². The molecule has 0 aliphatic heterocycles. The Morgan fingerprint density at radius 2 is 2.12 bits per heavy atom. The van der Waals surface area contributed by atoms with E-state index in [4.69, 9.17) is 9.84 Å². The van der Waals surface area contributed by atoms with E-state index >= 15 is 0 Å². The van der Waals surface area contributed by atoms with Crippen molar-refractivity contribution in [2.45, 2.75) is 32.9 Å². The third-order valence-corrected chi connectivity index (χ3v) is 2.66. The fourth-order valence-corrected chi connectivity index (χ4v) is 1.55. The van der Waals surface area contributed by atoms with Gasteiger partial charge < -0.3 is 20.3 Å². The monoisotopic (exact) mass is 239 g/mol. The molecule has 0 aromatic heterocycles. The average Bonchev–Trinajstić information content (AvgIpc) is 2.34. The minimum Gasteiger partial charge on any atom is -0.508 e. The molecule has 0 radical (unpaired) electrons. The van der Waals surface area contributed by atoms with Crippen molar-refractivity contribution in [2.24, 2.45) is 0 Å². The number of aromatic hydroxyl groups is 1. The summed E-state index contributed by atoms with van der Waals surface area (Å²) in [4.78, 5) is 0. The molecule has 0 saturated heterocycles. The molecule has 3 N–H and O–H groups in total. The van der Waals surface area contributed by atoms with E-state index in [1.165, 1.54) is 0 Å². The third kappa shape index (κ3) is 4.24. The molecule has 1 atom stereocenters. The molecule has 1 rings (SSSR count). The van der Waals surface area contributed by atoms with Crippen LogP contribution in [0.4, 0.5) is 0 Å². The van der Waals surface area contributed by atoms with Gasteiger partial charge in [0.15, 0.2) is 0 Å². The molecule has 1 unspecified atom stereocenters. The molecular formula is C13H21NO3. The molecule has 0 fully saturated rings. The Balaban J connectivity index is 2.65. The molecule has 4 nitrogen and oxygen atoms in total. The van der Waals surface area contributed by atoms with E-state index in [0.717, 1.165) is 17.7 Å². The zero-order valence-electron chi connectivity index (χ0n) is 10.4. The smallest absolute Gasteiger partial charge is 0.120 e. The lowest BCUT2D eigenvalue weighted by Gasteiger charge is -2.15. The minimum atomic E-state index is 0.0603. The number of rotatable bonds is 7. The lowest BCUT2D eigenvalue weighted by molar-refractivity contribution is 0.238. The second-order valence-electron chi connectivity index (χ2n) is 3.89. The molecule has 96 valence electrons. The number of phenols is 1. The summed E-state index contributed by atoms with van der Waals surface area (Å²) in [5.74, 6) is 0.993. The quantitative estimate of drug-likeness (QED) is 0.677.